The third-order valence-corrected chi connectivity index (χ3v) is 3.29. The Labute approximate surface area is 105 Å². The molecule has 1 aromatic carbocycles. The minimum atomic E-state index is -0.127. The Hall–Kier alpha value is -1.81. The van der Waals surface area contributed by atoms with Crippen molar-refractivity contribution >= 4 is 16.9 Å². The largest absolute Gasteiger partial charge is 0.451 e. The fraction of sp³-hybridized carbons (Fsp3) is 0.357. The molecule has 18 heavy (non-hydrogen) atoms. The number of fused-ring (bicyclic) bond motifs is 1. The molecule has 0 bridgehead atoms. The van der Waals surface area contributed by atoms with Gasteiger partial charge in [-0.1, -0.05) is 11.6 Å². The van der Waals surface area contributed by atoms with E-state index in [2.05, 4.69) is 10.6 Å². The van der Waals surface area contributed by atoms with Crippen molar-refractivity contribution in [2.24, 2.45) is 0 Å². The van der Waals surface area contributed by atoms with Gasteiger partial charge >= 0.3 is 0 Å². The van der Waals surface area contributed by atoms with Gasteiger partial charge in [0, 0.05) is 18.0 Å². The van der Waals surface area contributed by atoms with Crippen LogP contribution in [0.3, 0.4) is 0 Å². The Bertz CT molecular complexity index is 582. The van der Waals surface area contributed by atoms with Crippen LogP contribution in [0.15, 0.2) is 28.7 Å². The van der Waals surface area contributed by atoms with Crippen LogP contribution < -0.4 is 10.6 Å². The molecule has 0 saturated carbocycles. The van der Waals surface area contributed by atoms with Crippen molar-refractivity contribution in [3.8, 4) is 0 Å². The first-order valence-electron chi connectivity index (χ1n) is 6.24. The summed E-state index contributed by atoms with van der Waals surface area (Å²) in [7, 11) is 0. The van der Waals surface area contributed by atoms with Crippen LogP contribution in [0, 0.1) is 6.92 Å². The van der Waals surface area contributed by atoms with E-state index < -0.39 is 0 Å². The highest BCUT2D eigenvalue weighted by Crippen LogP contribution is 2.20. The van der Waals surface area contributed by atoms with Gasteiger partial charge in [-0.25, -0.2) is 0 Å². The average molecular weight is 244 g/mol. The maximum atomic E-state index is 12.0. The van der Waals surface area contributed by atoms with Crippen molar-refractivity contribution in [2.75, 3.05) is 13.1 Å². The summed E-state index contributed by atoms with van der Waals surface area (Å²) >= 11 is 0. The molecule has 2 heterocycles. The predicted octanol–water partition coefficient (Wildman–Crippen LogP) is 1.83. The highest BCUT2D eigenvalue weighted by molar-refractivity contribution is 5.96. The van der Waals surface area contributed by atoms with Crippen LogP contribution in [-0.4, -0.2) is 25.0 Å². The molecule has 1 atom stereocenters. The van der Waals surface area contributed by atoms with Gasteiger partial charge < -0.3 is 15.1 Å². The molecule has 1 fully saturated rings. The lowest BCUT2D eigenvalue weighted by atomic mass is 10.2. The Morgan fingerprint density at radius 3 is 3.11 bits per heavy atom. The van der Waals surface area contributed by atoms with Crippen LogP contribution in [0.4, 0.5) is 0 Å². The highest BCUT2D eigenvalue weighted by atomic mass is 16.3. The summed E-state index contributed by atoms with van der Waals surface area (Å²) in [6.07, 6.45) is 0.977. The van der Waals surface area contributed by atoms with E-state index in [1.54, 1.807) is 6.07 Å². The van der Waals surface area contributed by atoms with Gasteiger partial charge in [0.15, 0.2) is 5.76 Å². The van der Waals surface area contributed by atoms with E-state index in [1.165, 1.54) is 0 Å². The van der Waals surface area contributed by atoms with Crippen LogP contribution in [0.1, 0.15) is 22.5 Å². The monoisotopic (exact) mass is 244 g/mol. The van der Waals surface area contributed by atoms with Crippen molar-refractivity contribution in [1.82, 2.24) is 10.6 Å². The molecule has 1 aliphatic rings. The Kier molecular flexibility index (Phi) is 2.80. The summed E-state index contributed by atoms with van der Waals surface area (Å²) in [6.45, 7) is 3.83. The second-order valence-electron chi connectivity index (χ2n) is 4.82. The standard InChI is InChI=1S/C14H16N2O2/c1-9-2-3-12-10(6-9)7-13(18-12)14(17)16-11-4-5-15-8-11/h2-3,6-7,11,15H,4-5,8H2,1H3,(H,16,17). The van der Waals surface area contributed by atoms with E-state index >= 15 is 0 Å². The molecule has 1 amide bonds. The molecule has 1 aromatic heterocycles. The molecule has 1 aliphatic heterocycles. The average Bonchev–Trinajstić information content (AvgIpc) is 2.96. The van der Waals surface area contributed by atoms with Gasteiger partial charge in [-0.15, -0.1) is 0 Å². The second-order valence-corrected chi connectivity index (χ2v) is 4.82. The third-order valence-electron chi connectivity index (χ3n) is 3.29. The van der Waals surface area contributed by atoms with Crippen molar-refractivity contribution in [2.45, 2.75) is 19.4 Å². The Morgan fingerprint density at radius 1 is 1.44 bits per heavy atom. The highest BCUT2D eigenvalue weighted by Gasteiger charge is 2.19. The molecule has 0 aliphatic carbocycles. The van der Waals surface area contributed by atoms with E-state index in [-0.39, 0.29) is 11.9 Å². The quantitative estimate of drug-likeness (QED) is 0.847. The van der Waals surface area contributed by atoms with E-state index in [0.717, 1.165) is 36.0 Å². The number of benzene rings is 1. The number of nitrogens with one attached hydrogen (secondary N) is 2. The number of hydrogen-bond acceptors (Lipinski definition) is 3. The maximum Gasteiger partial charge on any atom is 0.287 e. The lowest BCUT2D eigenvalue weighted by molar-refractivity contribution is 0.0914. The summed E-state index contributed by atoms with van der Waals surface area (Å²) < 4.78 is 5.56. The molecule has 2 aromatic rings. The molecule has 3 rings (SSSR count). The normalized spacial score (nSPS) is 19.3. The first-order valence-corrected chi connectivity index (χ1v) is 6.24. The molecular formula is C14H16N2O2. The second kappa shape index (κ2) is 4.46. The van der Waals surface area contributed by atoms with E-state index in [0.29, 0.717) is 5.76 Å². The van der Waals surface area contributed by atoms with Crippen molar-refractivity contribution in [3.63, 3.8) is 0 Å². The van der Waals surface area contributed by atoms with Gasteiger partial charge in [0.25, 0.3) is 5.91 Å². The van der Waals surface area contributed by atoms with Crippen LogP contribution in [-0.2, 0) is 0 Å². The summed E-state index contributed by atoms with van der Waals surface area (Å²) in [5.41, 5.74) is 1.92. The van der Waals surface area contributed by atoms with Crippen molar-refractivity contribution in [3.05, 3.63) is 35.6 Å². The fourth-order valence-corrected chi connectivity index (χ4v) is 2.31. The predicted molar refractivity (Wildman–Crippen MR) is 69.7 cm³/mol. The van der Waals surface area contributed by atoms with E-state index in [1.807, 2.05) is 25.1 Å². The van der Waals surface area contributed by atoms with Crippen molar-refractivity contribution < 1.29 is 9.21 Å². The molecule has 1 unspecified atom stereocenters. The number of carbonyl (C=O) groups is 1. The van der Waals surface area contributed by atoms with Crippen LogP contribution >= 0.6 is 0 Å². The van der Waals surface area contributed by atoms with Gasteiger partial charge in [0.2, 0.25) is 0 Å². The number of amides is 1. The maximum absolute atomic E-state index is 12.0. The number of hydrogen-bond donors (Lipinski definition) is 2. The Morgan fingerprint density at radius 2 is 2.33 bits per heavy atom. The summed E-state index contributed by atoms with van der Waals surface area (Å²) in [5.74, 6) is 0.264. The van der Waals surface area contributed by atoms with Crippen LogP contribution in [0.25, 0.3) is 11.0 Å². The number of carbonyl (C=O) groups excluding carboxylic acids is 1. The molecule has 1 saturated heterocycles. The molecule has 0 spiro atoms. The van der Waals surface area contributed by atoms with E-state index in [9.17, 15) is 4.79 Å². The molecule has 4 nitrogen and oxygen atoms in total. The minimum Gasteiger partial charge on any atom is -0.451 e. The zero-order valence-electron chi connectivity index (χ0n) is 10.3. The lowest BCUT2D eigenvalue weighted by Crippen LogP contribution is -2.35. The lowest BCUT2D eigenvalue weighted by Gasteiger charge is -2.08. The van der Waals surface area contributed by atoms with Gasteiger partial charge in [0.05, 0.1) is 0 Å². The third kappa shape index (κ3) is 2.11. The van der Waals surface area contributed by atoms with E-state index in [4.69, 9.17) is 4.42 Å². The first kappa shape index (κ1) is 11.3. The molecule has 0 radical (unpaired) electrons. The van der Waals surface area contributed by atoms with Gasteiger partial charge in [0.1, 0.15) is 5.58 Å². The summed E-state index contributed by atoms with van der Waals surface area (Å²) in [6, 6.07) is 7.92. The molecular weight excluding hydrogens is 228 g/mol. The minimum absolute atomic E-state index is 0.127. The SMILES string of the molecule is Cc1ccc2oc(C(=O)NC3CCNC3)cc2c1. The van der Waals surface area contributed by atoms with Crippen molar-refractivity contribution in [1.29, 1.82) is 0 Å². The zero-order valence-corrected chi connectivity index (χ0v) is 10.3. The summed E-state index contributed by atoms with van der Waals surface area (Å²) in [4.78, 5) is 12.0. The summed E-state index contributed by atoms with van der Waals surface area (Å²) in [5, 5.41) is 7.17. The first-order chi connectivity index (χ1) is 8.72. The van der Waals surface area contributed by atoms with Crippen LogP contribution in [0.2, 0.25) is 0 Å². The van der Waals surface area contributed by atoms with Crippen LogP contribution in [0.5, 0.6) is 0 Å². The fourth-order valence-electron chi connectivity index (χ4n) is 2.31. The Balaban J connectivity index is 1.82. The molecule has 2 N–H and O–H groups in total. The molecule has 4 heteroatoms. The molecule has 94 valence electrons. The zero-order chi connectivity index (χ0) is 12.5. The van der Waals surface area contributed by atoms with Gasteiger partial charge in [-0.3, -0.25) is 4.79 Å². The number of furan rings is 1. The van der Waals surface area contributed by atoms with Gasteiger partial charge in [-0.05, 0) is 38.1 Å². The topological polar surface area (TPSA) is 54.3 Å². The van der Waals surface area contributed by atoms with Gasteiger partial charge in [-0.2, -0.15) is 0 Å². The smallest absolute Gasteiger partial charge is 0.287 e. The number of rotatable bonds is 2. The number of aryl methyl sites for hydroxylation is 1.